The lowest BCUT2D eigenvalue weighted by molar-refractivity contribution is -0.143. The summed E-state index contributed by atoms with van der Waals surface area (Å²) in [5.74, 6) is -0.363. The molecule has 0 radical (unpaired) electrons. The van der Waals surface area contributed by atoms with Gasteiger partial charge in [-0.25, -0.2) is 9.59 Å². The molecule has 0 fully saturated rings. The first kappa shape index (κ1) is 18.1. The average molecular weight is 399 g/mol. The molecule has 3 N–H and O–H groups in total. The summed E-state index contributed by atoms with van der Waals surface area (Å²) in [7, 11) is 1.42. The number of esters is 1. The number of amides is 2. The molecular weight excluding hydrogens is 380 g/mol. The molecule has 2 rings (SSSR count). The van der Waals surface area contributed by atoms with Crippen LogP contribution in [0.15, 0.2) is 27.9 Å². The Kier molecular flexibility index (Phi) is 5.38. The van der Waals surface area contributed by atoms with Crippen LogP contribution < -0.4 is 15.4 Å². The van der Waals surface area contributed by atoms with E-state index in [1.54, 1.807) is 32.9 Å². The van der Waals surface area contributed by atoms with Crippen LogP contribution in [0.2, 0.25) is 0 Å². The van der Waals surface area contributed by atoms with Crippen molar-refractivity contribution in [2.45, 2.75) is 32.9 Å². The second kappa shape index (κ2) is 7.12. The lowest BCUT2D eigenvalue weighted by atomic mass is 9.95. The van der Waals surface area contributed by atoms with Gasteiger partial charge in [-0.3, -0.25) is 0 Å². The molecule has 0 spiro atoms. The topological polar surface area (TPSA) is 96.9 Å². The summed E-state index contributed by atoms with van der Waals surface area (Å²) in [4.78, 5) is 24.3. The minimum atomic E-state index is -0.726. The molecule has 0 aromatic heterocycles. The Labute approximate surface area is 148 Å². The number of hydrogen-bond donors (Lipinski definition) is 3. The van der Waals surface area contributed by atoms with Gasteiger partial charge in [-0.05, 0) is 54.4 Å². The maximum absolute atomic E-state index is 12.5. The van der Waals surface area contributed by atoms with E-state index in [2.05, 4.69) is 26.6 Å². The summed E-state index contributed by atoms with van der Waals surface area (Å²) in [6.45, 7) is 5.13. The predicted octanol–water partition coefficient (Wildman–Crippen LogP) is 2.74. The number of allylic oxidation sites excluding steroid dienone is 1. The van der Waals surface area contributed by atoms with Gasteiger partial charge >= 0.3 is 12.0 Å². The number of aromatic hydroxyl groups is 1. The smallest absolute Gasteiger partial charge is 0.338 e. The van der Waals surface area contributed by atoms with Crippen LogP contribution in [0.1, 0.15) is 32.4 Å². The van der Waals surface area contributed by atoms with Crippen molar-refractivity contribution in [1.29, 1.82) is 0 Å². The molecule has 0 bridgehead atoms. The number of halogens is 1. The summed E-state index contributed by atoms with van der Waals surface area (Å²) < 4.78 is 10.8. The zero-order valence-corrected chi connectivity index (χ0v) is 15.4. The number of carbonyl (C=O) groups excluding carboxylic acids is 2. The summed E-state index contributed by atoms with van der Waals surface area (Å²) in [5.41, 5.74) is 1.28. The molecule has 24 heavy (non-hydrogen) atoms. The van der Waals surface area contributed by atoms with Crippen LogP contribution in [0, 0.1) is 0 Å². The van der Waals surface area contributed by atoms with Gasteiger partial charge in [-0.15, -0.1) is 0 Å². The van der Waals surface area contributed by atoms with Gasteiger partial charge in [0, 0.05) is 5.70 Å². The van der Waals surface area contributed by atoms with E-state index >= 15 is 0 Å². The summed E-state index contributed by atoms with van der Waals surface area (Å²) in [6.07, 6.45) is -0.294. The fourth-order valence-corrected chi connectivity index (χ4v) is 2.87. The number of hydrogen-bond acceptors (Lipinski definition) is 5. The van der Waals surface area contributed by atoms with Gasteiger partial charge in [-0.2, -0.15) is 0 Å². The highest BCUT2D eigenvalue weighted by Crippen LogP contribution is 2.39. The first-order valence-corrected chi connectivity index (χ1v) is 8.09. The Morgan fingerprint density at radius 1 is 1.38 bits per heavy atom. The molecule has 1 atom stereocenters. The van der Waals surface area contributed by atoms with E-state index in [4.69, 9.17) is 9.47 Å². The molecule has 1 aromatic carbocycles. The van der Waals surface area contributed by atoms with E-state index in [1.165, 1.54) is 7.11 Å². The third kappa shape index (κ3) is 3.64. The van der Waals surface area contributed by atoms with Crippen LogP contribution in [0.3, 0.4) is 0 Å². The van der Waals surface area contributed by atoms with Crippen LogP contribution in [0.4, 0.5) is 4.79 Å². The quantitative estimate of drug-likeness (QED) is 0.677. The van der Waals surface area contributed by atoms with Crippen LogP contribution in [-0.2, 0) is 9.53 Å². The van der Waals surface area contributed by atoms with Crippen molar-refractivity contribution in [3.8, 4) is 11.5 Å². The third-order valence-corrected chi connectivity index (χ3v) is 4.04. The Morgan fingerprint density at radius 2 is 2.04 bits per heavy atom. The molecular formula is C16H19BrN2O5. The van der Waals surface area contributed by atoms with E-state index in [0.29, 0.717) is 21.3 Å². The second-order valence-electron chi connectivity index (χ2n) is 5.58. The number of nitrogens with one attached hydrogen (secondary N) is 2. The maximum atomic E-state index is 12.5. The van der Waals surface area contributed by atoms with Crippen LogP contribution in [0.5, 0.6) is 11.5 Å². The van der Waals surface area contributed by atoms with Gasteiger partial charge in [0.05, 0.1) is 29.3 Å². The number of rotatable bonds is 4. The van der Waals surface area contributed by atoms with Crippen molar-refractivity contribution in [2.75, 3.05) is 7.11 Å². The molecule has 0 unspecified atom stereocenters. The first-order chi connectivity index (χ1) is 11.2. The Balaban J connectivity index is 2.53. The van der Waals surface area contributed by atoms with Crippen LogP contribution in [0.25, 0.3) is 0 Å². The van der Waals surface area contributed by atoms with E-state index < -0.39 is 18.0 Å². The standard InChI is InChI=1S/C16H19BrN2O5/c1-7(2)24-15(21)12-8(3)18-16(22)19-13(12)9-5-10(17)14(20)11(6-9)23-4/h5-7,13,20H,1-4H3,(H2,18,19,22)/t13-/m1/s1. The van der Waals surface area contributed by atoms with Gasteiger partial charge in [-0.1, -0.05) is 0 Å². The third-order valence-electron chi connectivity index (χ3n) is 3.44. The molecule has 1 aromatic rings. The number of urea groups is 1. The Bertz CT molecular complexity index is 715. The second-order valence-corrected chi connectivity index (χ2v) is 6.43. The normalized spacial score (nSPS) is 17.4. The lowest BCUT2D eigenvalue weighted by Gasteiger charge is -2.29. The average Bonchev–Trinajstić information content (AvgIpc) is 2.48. The van der Waals surface area contributed by atoms with Crippen LogP contribution in [-0.4, -0.2) is 30.3 Å². The van der Waals surface area contributed by atoms with E-state index in [0.717, 1.165) is 0 Å². The Hall–Kier alpha value is -2.22. The van der Waals surface area contributed by atoms with Crippen molar-refractivity contribution in [3.05, 3.63) is 33.4 Å². The highest BCUT2D eigenvalue weighted by Gasteiger charge is 2.33. The molecule has 0 saturated carbocycles. The molecule has 7 nitrogen and oxygen atoms in total. The van der Waals surface area contributed by atoms with Crippen molar-refractivity contribution < 1.29 is 24.2 Å². The summed E-state index contributed by atoms with van der Waals surface area (Å²) in [5, 5.41) is 15.2. The predicted molar refractivity (Wildman–Crippen MR) is 90.7 cm³/mol. The van der Waals surface area contributed by atoms with E-state index in [1.807, 2.05) is 0 Å². The minimum absolute atomic E-state index is 0.0616. The number of carbonyl (C=O) groups is 2. The Morgan fingerprint density at radius 3 is 2.62 bits per heavy atom. The monoisotopic (exact) mass is 398 g/mol. The number of phenols is 1. The lowest BCUT2D eigenvalue weighted by Crippen LogP contribution is -2.45. The fraction of sp³-hybridized carbons (Fsp3) is 0.375. The molecule has 2 amide bonds. The van der Waals surface area contributed by atoms with Crippen molar-refractivity contribution in [2.24, 2.45) is 0 Å². The number of methoxy groups -OCH3 is 1. The first-order valence-electron chi connectivity index (χ1n) is 7.30. The van der Waals surface area contributed by atoms with Crippen molar-refractivity contribution in [3.63, 3.8) is 0 Å². The van der Waals surface area contributed by atoms with Gasteiger partial charge in [0.1, 0.15) is 0 Å². The SMILES string of the molecule is COc1cc([C@H]2NC(=O)NC(C)=C2C(=O)OC(C)C)cc(Br)c1O. The van der Waals surface area contributed by atoms with Crippen molar-refractivity contribution >= 4 is 27.9 Å². The molecule has 1 aliphatic heterocycles. The highest BCUT2D eigenvalue weighted by molar-refractivity contribution is 9.10. The summed E-state index contributed by atoms with van der Waals surface area (Å²) in [6, 6.07) is 2.02. The molecule has 1 aliphatic rings. The molecule has 1 heterocycles. The van der Waals surface area contributed by atoms with Gasteiger partial charge in [0.2, 0.25) is 0 Å². The highest BCUT2D eigenvalue weighted by atomic mass is 79.9. The maximum Gasteiger partial charge on any atom is 0.338 e. The van der Waals surface area contributed by atoms with Crippen molar-refractivity contribution in [1.82, 2.24) is 10.6 Å². The van der Waals surface area contributed by atoms with Crippen LogP contribution >= 0.6 is 15.9 Å². The number of ether oxygens (including phenoxy) is 2. The molecule has 0 saturated heterocycles. The van der Waals surface area contributed by atoms with E-state index in [-0.39, 0.29) is 17.6 Å². The number of phenolic OH excluding ortho intramolecular Hbond substituents is 1. The summed E-state index contributed by atoms with van der Waals surface area (Å²) >= 11 is 3.24. The fourth-order valence-electron chi connectivity index (χ4n) is 2.41. The number of benzene rings is 1. The zero-order valence-electron chi connectivity index (χ0n) is 13.8. The molecule has 0 aliphatic carbocycles. The van der Waals surface area contributed by atoms with Gasteiger partial charge in [0.15, 0.2) is 11.5 Å². The minimum Gasteiger partial charge on any atom is -0.503 e. The van der Waals surface area contributed by atoms with E-state index in [9.17, 15) is 14.7 Å². The largest absolute Gasteiger partial charge is 0.503 e. The molecule has 130 valence electrons. The zero-order chi connectivity index (χ0) is 18.0. The molecule has 8 heteroatoms. The van der Waals surface area contributed by atoms with Gasteiger partial charge < -0.3 is 25.2 Å². The van der Waals surface area contributed by atoms with Gasteiger partial charge in [0.25, 0.3) is 0 Å².